The first-order chi connectivity index (χ1) is 16.9. The first kappa shape index (κ1) is 25.3. The number of nitrogens with two attached hydrogens (primary N) is 1. The minimum atomic E-state index is -0.497. The predicted octanol–water partition coefficient (Wildman–Crippen LogP) is 5.54. The van der Waals surface area contributed by atoms with E-state index in [0.717, 1.165) is 42.1 Å². The molecule has 0 saturated carbocycles. The molecule has 2 aromatic rings. The van der Waals surface area contributed by atoms with Crippen molar-refractivity contribution in [2.45, 2.75) is 52.7 Å². The Hall–Kier alpha value is -2.83. The molecule has 2 heterocycles. The number of hydrogen-bond acceptors (Lipinski definition) is 5. The summed E-state index contributed by atoms with van der Waals surface area (Å²) in [4.78, 5) is 17.6. The first-order valence-corrected chi connectivity index (χ1v) is 12.9. The van der Waals surface area contributed by atoms with E-state index in [1.54, 1.807) is 0 Å². The number of nitrogen functional groups attached to an aromatic ring is 1. The average Bonchev–Trinajstić information content (AvgIpc) is 2.86. The number of amides is 1. The van der Waals surface area contributed by atoms with E-state index in [2.05, 4.69) is 41.1 Å². The van der Waals surface area contributed by atoms with E-state index in [1.165, 1.54) is 38.0 Å². The summed E-state index contributed by atoms with van der Waals surface area (Å²) in [5, 5.41) is 2.83. The van der Waals surface area contributed by atoms with Crippen LogP contribution in [0.15, 0.2) is 48.5 Å². The zero-order valence-corrected chi connectivity index (χ0v) is 21.4. The average molecular weight is 477 g/mol. The molecule has 0 spiro atoms. The normalized spacial score (nSPS) is 17.9. The number of carbonyl (C=O) groups excluding carboxylic acids is 1. The number of benzene rings is 2. The molecule has 35 heavy (non-hydrogen) atoms. The fourth-order valence-electron chi connectivity index (χ4n) is 5.29. The van der Waals surface area contributed by atoms with Crippen molar-refractivity contribution in [1.82, 2.24) is 9.80 Å². The van der Waals surface area contributed by atoms with Crippen LogP contribution >= 0.6 is 0 Å². The van der Waals surface area contributed by atoms with Crippen LogP contribution in [0.1, 0.15) is 49.8 Å². The fourth-order valence-corrected chi connectivity index (χ4v) is 5.29. The van der Waals surface area contributed by atoms with Gasteiger partial charge >= 0.3 is 6.09 Å². The Morgan fingerprint density at radius 2 is 1.89 bits per heavy atom. The van der Waals surface area contributed by atoms with Gasteiger partial charge in [0.05, 0.1) is 11.4 Å². The van der Waals surface area contributed by atoms with Crippen LogP contribution in [0.25, 0.3) is 5.57 Å². The number of likely N-dealkylation sites (tertiary alicyclic amines) is 1. The first-order valence-electron chi connectivity index (χ1n) is 12.9. The highest BCUT2D eigenvalue weighted by Gasteiger charge is 2.26. The second-order valence-electron chi connectivity index (χ2n) is 10.3. The predicted molar refractivity (Wildman–Crippen MR) is 144 cm³/mol. The number of aryl methyl sites for hydroxylation is 1. The van der Waals surface area contributed by atoms with Gasteiger partial charge in [0, 0.05) is 25.7 Å². The van der Waals surface area contributed by atoms with Crippen LogP contribution in [0.2, 0.25) is 0 Å². The number of ether oxygens (including phenoxy) is 1. The molecular formula is C29H40N4O2. The van der Waals surface area contributed by atoms with Crippen molar-refractivity contribution in [2.24, 2.45) is 5.92 Å². The van der Waals surface area contributed by atoms with Crippen LogP contribution < -0.4 is 11.1 Å². The van der Waals surface area contributed by atoms with Crippen molar-refractivity contribution in [3.63, 3.8) is 0 Å². The van der Waals surface area contributed by atoms with Crippen LogP contribution in [0.4, 0.5) is 16.2 Å². The summed E-state index contributed by atoms with van der Waals surface area (Å²) in [6.45, 7) is 12.5. The molecule has 0 atom stereocenters. The minimum Gasteiger partial charge on any atom is -0.444 e. The monoisotopic (exact) mass is 476 g/mol. The largest absolute Gasteiger partial charge is 0.444 e. The van der Waals surface area contributed by atoms with E-state index in [-0.39, 0.29) is 6.61 Å². The van der Waals surface area contributed by atoms with Crippen molar-refractivity contribution < 1.29 is 9.53 Å². The van der Waals surface area contributed by atoms with E-state index in [9.17, 15) is 4.79 Å². The summed E-state index contributed by atoms with van der Waals surface area (Å²) in [6, 6.07) is 14.4. The second-order valence-corrected chi connectivity index (χ2v) is 10.3. The maximum atomic E-state index is 12.3. The quantitative estimate of drug-likeness (QED) is 0.514. The van der Waals surface area contributed by atoms with Gasteiger partial charge in [0.2, 0.25) is 0 Å². The molecule has 0 radical (unpaired) electrons. The Balaban J connectivity index is 1.32. The fraction of sp³-hybridized carbons (Fsp3) is 0.483. The second kappa shape index (κ2) is 11.7. The molecule has 3 N–H and O–H groups in total. The SMILES string of the molecule is Cc1cc(C2=CCN(C3CCN(CC(C)C)CC3)CC2)cc(N)c1NC(=O)OCc1ccccc1. The number of carbonyl (C=O) groups is 1. The van der Waals surface area contributed by atoms with Gasteiger partial charge in [0.25, 0.3) is 0 Å². The standard InChI is InChI=1S/C29H40N4O2/c1-21(2)19-32-13-11-26(12-14-32)33-15-9-24(10-16-33)25-17-22(3)28(27(30)18-25)31-29(34)35-20-23-7-5-4-6-8-23/h4-9,17-18,21,26H,10-16,19-20,30H2,1-3H3,(H,31,34). The molecule has 1 saturated heterocycles. The zero-order valence-electron chi connectivity index (χ0n) is 21.4. The van der Waals surface area contributed by atoms with Gasteiger partial charge in [-0.3, -0.25) is 10.2 Å². The molecule has 0 aromatic heterocycles. The molecule has 0 bridgehead atoms. The lowest BCUT2D eigenvalue weighted by molar-refractivity contribution is 0.109. The van der Waals surface area contributed by atoms with E-state index in [1.807, 2.05) is 43.3 Å². The molecule has 2 aromatic carbocycles. The number of nitrogens with zero attached hydrogens (tertiary/aromatic N) is 2. The Labute approximate surface area is 210 Å². The number of rotatable bonds is 7. The van der Waals surface area contributed by atoms with Gasteiger partial charge in [-0.2, -0.15) is 0 Å². The Kier molecular flexibility index (Phi) is 8.47. The molecule has 2 aliphatic heterocycles. The van der Waals surface area contributed by atoms with Gasteiger partial charge in [-0.05, 0) is 79.6 Å². The molecule has 6 heteroatoms. The number of nitrogens with one attached hydrogen (secondary N) is 1. The van der Waals surface area contributed by atoms with Gasteiger partial charge in [-0.25, -0.2) is 4.79 Å². The summed E-state index contributed by atoms with van der Waals surface area (Å²) >= 11 is 0. The Morgan fingerprint density at radius 1 is 1.14 bits per heavy atom. The highest BCUT2D eigenvalue weighted by molar-refractivity contribution is 5.91. The van der Waals surface area contributed by atoms with Crippen molar-refractivity contribution >= 4 is 23.0 Å². The maximum absolute atomic E-state index is 12.3. The minimum absolute atomic E-state index is 0.226. The van der Waals surface area contributed by atoms with Crippen molar-refractivity contribution in [2.75, 3.05) is 43.8 Å². The van der Waals surface area contributed by atoms with Gasteiger partial charge < -0.3 is 15.4 Å². The van der Waals surface area contributed by atoms with Gasteiger partial charge in [-0.15, -0.1) is 0 Å². The molecule has 1 fully saturated rings. The highest BCUT2D eigenvalue weighted by Crippen LogP contribution is 2.32. The summed E-state index contributed by atoms with van der Waals surface area (Å²) in [5.74, 6) is 0.740. The van der Waals surface area contributed by atoms with Gasteiger partial charge in [0.1, 0.15) is 6.61 Å². The van der Waals surface area contributed by atoms with Crippen LogP contribution in [-0.2, 0) is 11.3 Å². The summed E-state index contributed by atoms with van der Waals surface area (Å²) < 4.78 is 5.36. The third-order valence-electron chi connectivity index (χ3n) is 7.11. The molecule has 2 aliphatic rings. The maximum Gasteiger partial charge on any atom is 0.412 e. The van der Waals surface area contributed by atoms with Gasteiger partial charge in [0.15, 0.2) is 0 Å². The van der Waals surface area contributed by atoms with Crippen LogP contribution in [0, 0.1) is 12.8 Å². The highest BCUT2D eigenvalue weighted by atomic mass is 16.5. The summed E-state index contributed by atoms with van der Waals surface area (Å²) in [6.07, 6.45) is 5.42. The summed E-state index contributed by atoms with van der Waals surface area (Å²) in [7, 11) is 0. The van der Waals surface area contributed by atoms with Crippen molar-refractivity contribution in [1.29, 1.82) is 0 Å². The lowest BCUT2D eigenvalue weighted by Crippen LogP contribution is -2.46. The number of piperidine rings is 1. The van der Waals surface area contributed by atoms with Crippen LogP contribution in [0.3, 0.4) is 0 Å². The molecule has 0 unspecified atom stereocenters. The number of hydrogen-bond donors (Lipinski definition) is 2. The number of anilines is 2. The van der Waals surface area contributed by atoms with E-state index in [0.29, 0.717) is 17.4 Å². The molecule has 6 nitrogen and oxygen atoms in total. The smallest absolute Gasteiger partial charge is 0.412 e. The lowest BCUT2D eigenvalue weighted by Gasteiger charge is -2.40. The third kappa shape index (κ3) is 6.86. The molecule has 4 rings (SSSR count). The van der Waals surface area contributed by atoms with E-state index in [4.69, 9.17) is 10.5 Å². The molecular weight excluding hydrogens is 436 g/mol. The third-order valence-corrected chi connectivity index (χ3v) is 7.11. The molecule has 1 amide bonds. The Morgan fingerprint density at radius 3 is 2.51 bits per heavy atom. The zero-order chi connectivity index (χ0) is 24.8. The summed E-state index contributed by atoms with van der Waals surface area (Å²) in [5.41, 5.74) is 11.9. The van der Waals surface area contributed by atoms with Crippen molar-refractivity contribution in [3.05, 3.63) is 65.2 Å². The molecule has 188 valence electrons. The van der Waals surface area contributed by atoms with Crippen molar-refractivity contribution in [3.8, 4) is 0 Å². The van der Waals surface area contributed by atoms with E-state index < -0.39 is 6.09 Å². The topological polar surface area (TPSA) is 70.8 Å². The van der Waals surface area contributed by atoms with Crippen LogP contribution in [-0.4, -0.2) is 54.7 Å². The van der Waals surface area contributed by atoms with Crippen LogP contribution in [0.5, 0.6) is 0 Å². The van der Waals surface area contributed by atoms with E-state index >= 15 is 0 Å². The Bertz CT molecular complexity index is 1000. The van der Waals surface area contributed by atoms with Gasteiger partial charge in [-0.1, -0.05) is 50.3 Å². The lowest BCUT2D eigenvalue weighted by atomic mass is 9.94. The molecule has 0 aliphatic carbocycles.